The van der Waals surface area contributed by atoms with E-state index in [4.69, 9.17) is 51.6 Å². The number of nitrogens with zero attached hydrogens (tertiary/aromatic N) is 6. The molecule has 7 amide bonds. The molecule has 2 saturated heterocycles. The maximum absolute atomic E-state index is 13.6. The Kier molecular flexibility index (Phi) is 18.2. The smallest absolute Gasteiger partial charge is 0.327 e. The first kappa shape index (κ1) is 53.9. The number of rotatable bonds is 23. The normalized spacial score (nSPS) is 15.7. The standard InChI is InChI=1S/C51H56Cl2N10O12/c1-60(51(69)59-47-45(52)38(70-2)27-39(71-3)46(47)53)41-28-40(55-30-56-41)57-32-7-9-33(10-8-32)62-16-14-61(15-17-62)29-43(65)54-13-18-72-19-20-73-21-22-74-23-24-75-34-25-31-5-4-6-35-44(31)36(26-34)50(68)63(49(35)67)37-11-12-42(64)58-48(37)66/h4-10,25-28,30,37H,11-24,29H2,1-3H3,(H,54,65)(H,59,69)(H,55,56,57)(H,58,64,66). The fourth-order valence-electron chi connectivity index (χ4n) is 8.63. The second-order valence-corrected chi connectivity index (χ2v) is 18.1. The minimum atomic E-state index is -1.08. The van der Waals surface area contributed by atoms with Crippen molar-refractivity contribution < 1.29 is 57.2 Å². The van der Waals surface area contributed by atoms with Gasteiger partial charge in [-0.25, -0.2) is 14.8 Å². The maximum Gasteiger partial charge on any atom is 0.327 e. The molecule has 2 fully saturated rings. The molecule has 0 aliphatic carbocycles. The van der Waals surface area contributed by atoms with Crippen LogP contribution in [0, 0.1) is 0 Å². The number of anilines is 5. The molecule has 1 atom stereocenters. The van der Waals surface area contributed by atoms with E-state index in [2.05, 4.69) is 41.0 Å². The Bertz CT molecular complexity index is 2900. The van der Waals surface area contributed by atoms with Gasteiger partial charge in [0.25, 0.3) is 11.8 Å². The summed E-state index contributed by atoms with van der Waals surface area (Å²) in [4.78, 5) is 92.4. The van der Waals surface area contributed by atoms with E-state index in [9.17, 15) is 28.8 Å². The van der Waals surface area contributed by atoms with Crippen molar-refractivity contribution in [1.82, 2.24) is 30.4 Å². The van der Waals surface area contributed by atoms with E-state index in [1.165, 1.54) is 31.5 Å². The summed E-state index contributed by atoms with van der Waals surface area (Å²) >= 11 is 12.9. The molecule has 75 heavy (non-hydrogen) atoms. The first-order valence-corrected chi connectivity index (χ1v) is 24.8. The number of imide groups is 2. The molecule has 4 heterocycles. The van der Waals surface area contributed by atoms with Gasteiger partial charge in [0.1, 0.15) is 57.9 Å². The Morgan fingerprint density at radius 1 is 0.787 bits per heavy atom. The number of aromatic nitrogens is 2. The van der Waals surface area contributed by atoms with Crippen molar-refractivity contribution in [3.8, 4) is 17.2 Å². The summed E-state index contributed by atoms with van der Waals surface area (Å²) in [5, 5.41) is 12.5. The first-order valence-electron chi connectivity index (χ1n) is 24.1. The van der Waals surface area contributed by atoms with Gasteiger partial charge in [0.05, 0.1) is 71.7 Å². The van der Waals surface area contributed by atoms with Crippen LogP contribution in [-0.4, -0.2) is 168 Å². The summed E-state index contributed by atoms with van der Waals surface area (Å²) in [7, 11) is 4.43. The van der Waals surface area contributed by atoms with E-state index in [0.29, 0.717) is 73.3 Å². The number of benzene rings is 4. The number of piperazine rings is 1. The van der Waals surface area contributed by atoms with Crippen molar-refractivity contribution in [3.05, 3.63) is 94.2 Å². The Labute approximate surface area is 441 Å². The number of methoxy groups -OCH3 is 2. The molecule has 3 aliphatic heterocycles. The van der Waals surface area contributed by atoms with Gasteiger partial charge in [-0.3, -0.25) is 44.0 Å². The molecule has 0 saturated carbocycles. The zero-order valence-electron chi connectivity index (χ0n) is 41.5. The first-order chi connectivity index (χ1) is 36.3. The van der Waals surface area contributed by atoms with Crippen LogP contribution >= 0.6 is 23.2 Å². The predicted octanol–water partition coefficient (Wildman–Crippen LogP) is 5.13. The van der Waals surface area contributed by atoms with Crippen molar-refractivity contribution >= 4 is 98.2 Å². The highest BCUT2D eigenvalue weighted by Crippen LogP contribution is 2.44. The monoisotopic (exact) mass is 1070 g/mol. The number of carbonyl (C=O) groups excluding carboxylic acids is 6. The van der Waals surface area contributed by atoms with Gasteiger partial charge in [-0.1, -0.05) is 35.3 Å². The van der Waals surface area contributed by atoms with E-state index in [1.807, 2.05) is 24.3 Å². The van der Waals surface area contributed by atoms with Crippen molar-refractivity contribution in [2.75, 3.05) is 127 Å². The molecule has 0 bridgehead atoms. The average molecular weight is 1070 g/mol. The SMILES string of the molecule is COc1cc(OC)c(Cl)c(NC(=O)N(C)c2cc(Nc3ccc(N4CCN(CC(=O)NCCOCCOCCOCCOc5cc6c7c(cccc7c5)C(=O)N(C5CCC(=O)NC5=O)C6=O)CC4)cc3)ncn2)c1Cl. The third-order valence-corrected chi connectivity index (χ3v) is 13.3. The average Bonchev–Trinajstić information content (AvgIpc) is 3.42. The molecule has 3 aliphatic rings. The highest BCUT2D eigenvalue weighted by atomic mass is 35.5. The van der Waals surface area contributed by atoms with Crippen molar-refractivity contribution in [2.45, 2.75) is 18.9 Å². The van der Waals surface area contributed by atoms with Crippen LogP contribution in [0.3, 0.4) is 0 Å². The topological polar surface area (TPSA) is 245 Å². The van der Waals surface area contributed by atoms with Gasteiger partial charge in [0.2, 0.25) is 17.7 Å². The maximum atomic E-state index is 13.6. The Hall–Kier alpha value is -7.34. The highest BCUT2D eigenvalue weighted by molar-refractivity contribution is 6.41. The van der Waals surface area contributed by atoms with Gasteiger partial charge in [-0.05, 0) is 54.3 Å². The third-order valence-electron chi connectivity index (χ3n) is 12.5. The van der Waals surface area contributed by atoms with Crippen molar-refractivity contribution in [3.63, 3.8) is 0 Å². The van der Waals surface area contributed by atoms with Crippen LogP contribution in [0.2, 0.25) is 10.0 Å². The van der Waals surface area contributed by atoms with Crippen LogP contribution in [0.15, 0.2) is 73.1 Å². The number of amides is 7. The number of halogens is 2. The van der Waals surface area contributed by atoms with Crippen molar-refractivity contribution in [2.24, 2.45) is 0 Å². The molecule has 24 heteroatoms. The molecule has 4 aromatic carbocycles. The minimum Gasteiger partial charge on any atom is -0.495 e. The molecule has 8 rings (SSSR count). The van der Waals surface area contributed by atoms with Gasteiger partial charge in [-0.2, -0.15) is 0 Å². The van der Waals surface area contributed by atoms with Crippen LogP contribution in [0.1, 0.15) is 33.6 Å². The van der Waals surface area contributed by atoms with Gasteiger partial charge in [-0.15, -0.1) is 0 Å². The second kappa shape index (κ2) is 25.3. The lowest BCUT2D eigenvalue weighted by Crippen LogP contribution is -2.57. The number of hydrogen-bond acceptors (Lipinski definition) is 17. The molecule has 1 unspecified atom stereocenters. The lowest BCUT2D eigenvalue weighted by Gasteiger charge is -2.35. The number of urea groups is 1. The molecule has 0 spiro atoms. The van der Waals surface area contributed by atoms with Gasteiger partial charge in [0.15, 0.2) is 0 Å². The van der Waals surface area contributed by atoms with Crippen LogP contribution < -0.4 is 45.3 Å². The Morgan fingerprint density at radius 2 is 1.45 bits per heavy atom. The van der Waals surface area contributed by atoms with E-state index in [1.54, 1.807) is 43.4 Å². The fourth-order valence-corrected chi connectivity index (χ4v) is 9.23. The van der Waals surface area contributed by atoms with E-state index < -0.39 is 35.7 Å². The minimum absolute atomic E-state index is 0.0281. The van der Waals surface area contributed by atoms with Gasteiger partial charge in [0, 0.05) is 80.6 Å². The number of carbonyl (C=O) groups is 6. The zero-order chi connectivity index (χ0) is 53.0. The Morgan fingerprint density at radius 3 is 2.13 bits per heavy atom. The van der Waals surface area contributed by atoms with Crippen LogP contribution in [0.5, 0.6) is 17.2 Å². The number of hydrogen-bond donors (Lipinski definition) is 4. The largest absolute Gasteiger partial charge is 0.495 e. The molecule has 5 aromatic rings. The quantitative estimate of drug-likeness (QED) is 0.0489. The van der Waals surface area contributed by atoms with Crippen LogP contribution in [-0.2, 0) is 28.6 Å². The summed E-state index contributed by atoms with van der Waals surface area (Å²) in [6.07, 6.45) is 1.43. The van der Waals surface area contributed by atoms with Gasteiger partial charge >= 0.3 is 6.03 Å². The molecular weight excluding hydrogens is 1020 g/mol. The fraction of sp³-hybridized carbons (Fsp3) is 0.373. The number of piperidine rings is 1. The molecule has 4 N–H and O–H groups in total. The molecule has 0 radical (unpaired) electrons. The molecule has 396 valence electrons. The van der Waals surface area contributed by atoms with Gasteiger partial charge < -0.3 is 49.3 Å². The third kappa shape index (κ3) is 13.1. The number of nitrogens with one attached hydrogen (secondary N) is 4. The summed E-state index contributed by atoms with van der Waals surface area (Å²) in [5.74, 6) is -0.645. The molecular formula is C51H56Cl2N10O12. The van der Waals surface area contributed by atoms with Crippen LogP contribution in [0.25, 0.3) is 10.8 Å². The molecule has 1 aromatic heterocycles. The predicted molar refractivity (Wildman–Crippen MR) is 279 cm³/mol. The summed E-state index contributed by atoms with van der Waals surface area (Å²) in [5.41, 5.74) is 2.50. The summed E-state index contributed by atoms with van der Waals surface area (Å²) < 4.78 is 33.3. The molecule has 22 nitrogen and oxygen atoms in total. The summed E-state index contributed by atoms with van der Waals surface area (Å²) in [6, 6.07) is 17.8. The second-order valence-electron chi connectivity index (χ2n) is 17.3. The number of ether oxygens (including phenoxy) is 6. The summed E-state index contributed by atoms with van der Waals surface area (Å²) in [6.45, 7) is 5.75. The van der Waals surface area contributed by atoms with E-state index in [-0.39, 0.29) is 71.3 Å². The Balaban J connectivity index is 0.662. The van der Waals surface area contributed by atoms with E-state index >= 15 is 0 Å². The van der Waals surface area contributed by atoms with E-state index in [0.717, 1.165) is 42.5 Å². The van der Waals surface area contributed by atoms with Crippen LogP contribution in [0.4, 0.5) is 33.5 Å². The lowest BCUT2D eigenvalue weighted by molar-refractivity contribution is -0.136. The highest BCUT2D eigenvalue weighted by Gasteiger charge is 2.43. The zero-order valence-corrected chi connectivity index (χ0v) is 43.0. The lowest BCUT2D eigenvalue weighted by atomic mass is 9.91. The van der Waals surface area contributed by atoms with Crippen molar-refractivity contribution in [1.29, 1.82) is 0 Å².